The minimum atomic E-state index is -0.350. The predicted octanol–water partition coefficient (Wildman–Crippen LogP) is 1.55. The van der Waals surface area contributed by atoms with Gasteiger partial charge in [0.05, 0.1) is 12.1 Å². The molecule has 0 aliphatic heterocycles. The smallest absolute Gasteiger partial charge is 0.307 e. The zero-order chi connectivity index (χ0) is 17.3. The number of rotatable bonds is 6. The average molecular weight is 330 g/mol. The summed E-state index contributed by atoms with van der Waals surface area (Å²) in [5.74, 6) is 0.875. The highest BCUT2D eigenvalue weighted by atomic mass is 16.5. The maximum absolute atomic E-state index is 11.8. The maximum Gasteiger partial charge on any atom is 0.307 e. The molecule has 3 rings (SSSR count). The molecule has 1 aliphatic rings. The number of imidazole rings is 1. The summed E-state index contributed by atoms with van der Waals surface area (Å²) in [5, 5.41) is 2.77. The molecule has 1 fully saturated rings. The van der Waals surface area contributed by atoms with E-state index < -0.39 is 0 Å². The van der Waals surface area contributed by atoms with E-state index in [9.17, 15) is 9.59 Å². The van der Waals surface area contributed by atoms with Crippen LogP contribution in [0.15, 0.2) is 12.3 Å². The average Bonchev–Trinajstić information content (AvgIpc) is 3.10. The van der Waals surface area contributed by atoms with Crippen LogP contribution in [-0.2, 0) is 20.9 Å². The van der Waals surface area contributed by atoms with E-state index >= 15 is 0 Å². The first-order valence-corrected chi connectivity index (χ1v) is 8.19. The lowest BCUT2D eigenvalue weighted by Crippen LogP contribution is -2.28. The number of ether oxygens (including phenoxy) is 1. The molecule has 0 spiro atoms. The van der Waals surface area contributed by atoms with Gasteiger partial charge < -0.3 is 10.1 Å². The summed E-state index contributed by atoms with van der Waals surface area (Å²) in [6.07, 6.45) is 2.92. The van der Waals surface area contributed by atoms with Gasteiger partial charge in [0.25, 0.3) is 0 Å². The van der Waals surface area contributed by atoms with E-state index in [4.69, 9.17) is 4.74 Å². The monoisotopic (exact) mass is 330 g/mol. The van der Waals surface area contributed by atoms with Crippen LogP contribution in [0.5, 0.6) is 0 Å². The fourth-order valence-electron chi connectivity index (χ4n) is 2.72. The Morgan fingerprint density at radius 1 is 1.38 bits per heavy atom. The SMILES string of the molecule is Cc1cc(C)n2cc(COC(=O)CCNC(=O)[C@H]3C[C@@H]3C)nc2n1. The lowest BCUT2D eigenvalue weighted by molar-refractivity contribution is -0.145. The van der Waals surface area contributed by atoms with E-state index in [0.717, 1.165) is 17.8 Å². The summed E-state index contributed by atoms with van der Waals surface area (Å²) in [7, 11) is 0. The topological polar surface area (TPSA) is 85.6 Å². The van der Waals surface area contributed by atoms with Crippen molar-refractivity contribution in [1.29, 1.82) is 0 Å². The van der Waals surface area contributed by atoms with Crippen LogP contribution < -0.4 is 5.32 Å². The molecule has 0 unspecified atom stereocenters. The molecule has 0 aromatic carbocycles. The standard InChI is InChI=1S/C17H22N4O3/c1-10-6-14(10)16(23)18-5-4-15(22)24-9-13-8-21-12(3)7-11(2)19-17(21)20-13/h7-8,10,14H,4-6,9H2,1-3H3,(H,18,23)/t10-,14-/m0/s1. The van der Waals surface area contributed by atoms with E-state index in [1.54, 1.807) is 0 Å². The van der Waals surface area contributed by atoms with Crippen LogP contribution in [-0.4, -0.2) is 32.8 Å². The quantitative estimate of drug-likeness (QED) is 0.812. The lowest BCUT2D eigenvalue weighted by atomic mass is 10.3. The van der Waals surface area contributed by atoms with Crippen LogP contribution >= 0.6 is 0 Å². The van der Waals surface area contributed by atoms with Crippen LogP contribution in [0.2, 0.25) is 0 Å². The van der Waals surface area contributed by atoms with Crippen molar-refractivity contribution in [3.8, 4) is 0 Å². The Balaban J connectivity index is 1.46. The van der Waals surface area contributed by atoms with E-state index in [-0.39, 0.29) is 30.8 Å². The largest absolute Gasteiger partial charge is 0.459 e. The number of esters is 1. The molecule has 0 bridgehead atoms. The van der Waals surface area contributed by atoms with Gasteiger partial charge in [-0.3, -0.25) is 14.0 Å². The summed E-state index contributed by atoms with van der Waals surface area (Å²) in [4.78, 5) is 32.1. The van der Waals surface area contributed by atoms with E-state index in [1.165, 1.54) is 0 Å². The molecule has 2 aromatic rings. The van der Waals surface area contributed by atoms with Gasteiger partial charge in [-0.25, -0.2) is 9.97 Å². The summed E-state index contributed by atoms with van der Waals surface area (Å²) >= 11 is 0. The van der Waals surface area contributed by atoms with Crippen molar-refractivity contribution >= 4 is 17.7 Å². The number of nitrogens with zero attached hydrogens (tertiary/aromatic N) is 3. The molecule has 1 saturated carbocycles. The summed E-state index contributed by atoms with van der Waals surface area (Å²) in [6.45, 7) is 6.35. The van der Waals surface area contributed by atoms with Crippen molar-refractivity contribution in [1.82, 2.24) is 19.7 Å². The first-order chi connectivity index (χ1) is 11.4. The molecule has 7 heteroatoms. The summed E-state index contributed by atoms with van der Waals surface area (Å²) in [5.41, 5.74) is 2.58. The molecule has 1 aliphatic carbocycles. The van der Waals surface area contributed by atoms with Crippen molar-refractivity contribution in [2.75, 3.05) is 6.54 Å². The van der Waals surface area contributed by atoms with Crippen molar-refractivity contribution in [2.45, 2.75) is 40.2 Å². The van der Waals surface area contributed by atoms with Crippen LogP contribution in [0, 0.1) is 25.7 Å². The molecule has 0 radical (unpaired) electrons. The van der Waals surface area contributed by atoms with Crippen LogP contribution in [0.3, 0.4) is 0 Å². The van der Waals surface area contributed by atoms with Crippen LogP contribution in [0.4, 0.5) is 0 Å². The van der Waals surface area contributed by atoms with E-state index in [0.29, 0.717) is 23.9 Å². The van der Waals surface area contributed by atoms with Crippen molar-refractivity contribution in [2.24, 2.45) is 11.8 Å². The molecule has 24 heavy (non-hydrogen) atoms. The zero-order valence-corrected chi connectivity index (χ0v) is 14.2. The first-order valence-electron chi connectivity index (χ1n) is 8.19. The number of hydrogen-bond acceptors (Lipinski definition) is 5. The molecular weight excluding hydrogens is 308 g/mol. The Labute approximate surface area is 140 Å². The summed E-state index contributed by atoms with van der Waals surface area (Å²) < 4.78 is 7.08. The number of amides is 1. The molecule has 0 saturated heterocycles. The minimum Gasteiger partial charge on any atom is -0.459 e. The molecule has 2 heterocycles. The second-order valence-electron chi connectivity index (χ2n) is 6.46. The minimum absolute atomic E-state index is 0.0348. The fraction of sp³-hybridized carbons (Fsp3) is 0.529. The second kappa shape index (κ2) is 6.59. The maximum atomic E-state index is 11.8. The highest BCUT2D eigenvalue weighted by Gasteiger charge is 2.38. The van der Waals surface area contributed by atoms with Crippen molar-refractivity contribution in [3.05, 3.63) is 29.3 Å². The second-order valence-corrected chi connectivity index (χ2v) is 6.46. The number of nitrogens with one attached hydrogen (secondary N) is 1. The van der Waals surface area contributed by atoms with Gasteiger partial charge >= 0.3 is 5.97 Å². The number of aromatic nitrogens is 3. The van der Waals surface area contributed by atoms with Gasteiger partial charge in [0.2, 0.25) is 11.7 Å². The Bertz CT molecular complexity index is 783. The number of hydrogen-bond donors (Lipinski definition) is 1. The van der Waals surface area contributed by atoms with Crippen LogP contribution in [0.25, 0.3) is 5.78 Å². The van der Waals surface area contributed by atoms with Crippen molar-refractivity contribution < 1.29 is 14.3 Å². The Morgan fingerprint density at radius 2 is 2.12 bits per heavy atom. The zero-order valence-electron chi connectivity index (χ0n) is 14.2. The number of carbonyl (C=O) groups is 2. The Morgan fingerprint density at radius 3 is 2.83 bits per heavy atom. The molecular formula is C17H22N4O3. The predicted molar refractivity (Wildman–Crippen MR) is 87.2 cm³/mol. The molecule has 1 N–H and O–H groups in total. The van der Waals surface area contributed by atoms with Crippen molar-refractivity contribution in [3.63, 3.8) is 0 Å². The van der Waals surface area contributed by atoms with Gasteiger partial charge in [0.15, 0.2) is 0 Å². The number of fused-ring (bicyclic) bond motifs is 1. The third-order valence-electron chi connectivity index (χ3n) is 4.27. The Hall–Kier alpha value is -2.44. The highest BCUT2D eigenvalue weighted by Crippen LogP contribution is 2.37. The Kier molecular flexibility index (Phi) is 4.51. The van der Waals surface area contributed by atoms with Gasteiger partial charge in [-0.05, 0) is 32.3 Å². The van der Waals surface area contributed by atoms with Gasteiger partial charge in [-0.2, -0.15) is 0 Å². The van der Waals surface area contributed by atoms with Gasteiger partial charge in [-0.15, -0.1) is 0 Å². The molecule has 128 valence electrons. The van der Waals surface area contributed by atoms with Gasteiger partial charge in [0.1, 0.15) is 6.61 Å². The third-order valence-corrected chi connectivity index (χ3v) is 4.27. The van der Waals surface area contributed by atoms with Gasteiger partial charge in [-0.1, -0.05) is 6.92 Å². The summed E-state index contributed by atoms with van der Waals surface area (Å²) in [6, 6.07) is 1.97. The third kappa shape index (κ3) is 3.72. The highest BCUT2D eigenvalue weighted by molar-refractivity contribution is 5.81. The normalized spacial score (nSPS) is 19.3. The molecule has 2 aromatic heterocycles. The first kappa shape index (κ1) is 16.4. The van der Waals surface area contributed by atoms with E-state index in [2.05, 4.69) is 15.3 Å². The lowest BCUT2D eigenvalue weighted by Gasteiger charge is -2.05. The van der Waals surface area contributed by atoms with E-state index in [1.807, 2.05) is 37.4 Å². The number of carbonyl (C=O) groups excluding carboxylic acids is 2. The molecule has 2 atom stereocenters. The van der Waals surface area contributed by atoms with Crippen LogP contribution in [0.1, 0.15) is 36.8 Å². The van der Waals surface area contributed by atoms with Gasteiger partial charge in [0, 0.05) is 30.0 Å². The molecule has 1 amide bonds. The molecule has 7 nitrogen and oxygen atoms in total. The number of aryl methyl sites for hydroxylation is 2. The fourth-order valence-corrected chi connectivity index (χ4v) is 2.72.